The summed E-state index contributed by atoms with van der Waals surface area (Å²) < 4.78 is 0. The van der Waals surface area contributed by atoms with E-state index in [9.17, 15) is 0 Å². The van der Waals surface area contributed by atoms with Gasteiger partial charge in [0.05, 0.1) is 0 Å². The van der Waals surface area contributed by atoms with Gasteiger partial charge in [0.1, 0.15) is 0 Å². The van der Waals surface area contributed by atoms with Gasteiger partial charge < -0.3 is 0 Å². The van der Waals surface area contributed by atoms with E-state index in [2.05, 4.69) is 65.8 Å². The Labute approximate surface area is 194 Å². The molecule has 0 bridgehead atoms. The first-order valence-corrected chi connectivity index (χ1v) is 9.78. The van der Waals surface area contributed by atoms with Crippen molar-refractivity contribution >= 4 is 0 Å². The van der Waals surface area contributed by atoms with E-state index in [1.165, 1.54) is 35.1 Å². The first kappa shape index (κ1) is 26.9. The van der Waals surface area contributed by atoms with Crippen molar-refractivity contribution in [3.8, 4) is 0 Å². The third-order valence-corrected chi connectivity index (χ3v) is 4.13. The molecule has 0 aliphatic heterocycles. The summed E-state index contributed by atoms with van der Waals surface area (Å²) in [5.74, 6) is 0. The van der Waals surface area contributed by atoms with Gasteiger partial charge in [0, 0.05) is 0 Å². The Morgan fingerprint density at radius 3 is 0.966 bits per heavy atom. The van der Waals surface area contributed by atoms with Crippen molar-refractivity contribution in [3.63, 3.8) is 0 Å². The van der Waals surface area contributed by atoms with Gasteiger partial charge >= 0.3 is 21.7 Å². The largest absolute Gasteiger partial charge is 2.00 e. The molecule has 0 nitrogen and oxygen atoms in total. The van der Waals surface area contributed by atoms with Crippen molar-refractivity contribution in [1.82, 2.24) is 0 Å². The molecule has 2 aromatic carbocycles. The van der Waals surface area contributed by atoms with Crippen molar-refractivity contribution < 1.29 is 21.7 Å². The third kappa shape index (κ3) is 14.5. The Balaban J connectivity index is 0.000000356. The van der Waals surface area contributed by atoms with E-state index >= 15 is 0 Å². The Morgan fingerprint density at radius 2 is 0.862 bits per heavy atom. The molecule has 0 atom stereocenters. The van der Waals surface area contributed by atoms with Gasteiger partial charge in [0.15, 0.2) is 0 Å². The number of allylic oxidation sites excluding steroid dienone is 8. The van der Waals surface area contributed by atoms with Crippen LogP contribution in [0.25, 0.3) is 0 Å². The maximum atomic E-state index is 3.72. The smallest absolute Gasteiger partial charge is 0.199 e. The molecule has 2 aliphatic carbocycles. The van der Waals surface area contributed by atoms with Gasteiger partial charge in [-0.1, -0.05) is 58.7 Å². The molecule has 1 heteroatoms. The van der Waals surface area contributed by atoms with E-state index in [0.29, 0.717) is 0 Å². The quantitative estimate of drug-likeness (QED) is 0.298. The van der Waals surface area contributed by atoms with Crippen LogP contribution in [0.5, 0.6) is 0 Å². The van der Waals surface area contributed by atoms with Crippen molar-refractivity contribution in [2.75, 3.05) is 0 Å². The second-order valence-electron chi connectivity index (χ2n) is 7.26. The average molecular weight is 418 g/mol. The van der Waals surface area contributed by atoms with Gasteiger partial charge in [0.2, 0.25) is 0 Å². The summed E-state index contributed by atoms with van der Waals surface area (Å²) >= 11 is 0. The molecule has 0 aromatic heterocycles. The van der Waals surface area contributed by atoms with Crippen LogP contribution in [0.2, 0.25) is 0 Å². The van der Waals surface area contributed by atoms with Gasteiger partial charge in [-0.05, 0) is 40.5 Å². The molecule has 0 unspecified atom stereocenters. The summed E-state index contributed by atoms with van der Waals surface area (Å²) in [5.41, 5.74) is 7.94. The van der Waals surface area contributed by atoms with Gasteiger partial charge in [-0.3, -0.25) is 0 Å². The predicted molar refractivity (Wildman–Crippen MR) is 126 cm³/mol. The molecule has 4 rings (SSSR count). The maximum absolute atomic E-state index is 3.72. The fourth-order valence-corrected chi connectivity index (χ4v) is 2.61. The summed E-state index contributed by atoms with van der Waals surface area (Å²) in [4.78, 5) is 0. The minimum Gasteiger partial charge on any atom is -0.199 e. The van der Waals surface area contributed by atoms with E-state index in [1.54, 1.807) is 0 Å². The minimum absolute atomic E-state index is 0. The fourth-order valence-electron chi connectivity index (χ4n) is 2.61. The molecule has 0 fully saturated rings. The predicted octanol–water partition coefficient (Wildman–Crippen LogP) is 8.30. The molecule has 2 aromatic rings. The minimum atomic E-state index is 0. The standard InChI is InChI=1S/2C7H10.2C7H7.Ti/c2*1-6-3-4-7(2)5-6;2*1-7-5-3-2-4-6-7;/h2*3,5H,4H2,1-2H3;2*2-6H,1H2;/q;;2*-1;+2. The molecule has 0 N–H and O–H groups in total. The molecule has 29 heavy (non-hydrogen) atoms. The number of rotatable bonds is 0. The van der Waals surface area contributed by atoms with Crippen LogP contribution >= 0.6 is 0 Å². The zero-order valence-corrected chi connectivity index (χ0v) is 20.0. The molecular weight excluding hydrogens is 384 g/mol. The maximum Gasteiger partial charge on any atom is 2.00 e. The topological polar surface area (TPSA) is 0 Å². The first-order chi connectivity index (χ1) is 13.4. The van der Waals surface area contributed by atoms with Gasteiger partial charge in [-0.2, -0.15) is 49.2 Å². The normalized spacial score (nSPS) is 13.4. The van der Waals surface area contributed by atoms with Gasteiger partial charge in [-0.15, -0.1) is 24.3 Å². The Morgan fingerprint density at radius 1 is 0.552 bits per heavy atom. The molecule has 150 valence electrons. The molecule has 2 aliphatic rings. The molecule has 0 spiro atoms. The van der Waals surface area contributed by atoms with Crippen LogP contribution in [-0.4, -0.2) is 0 Å². The first-order valence-electron chi connectivity index (χ1n) is 9.78. The van der Waals surface area contributed by atoms with Crippen molar-refractivity contribution in [3.05, 3.63) is 132 Å². The summed E-state index contributed by atoms with van der Waals surface area (Å²) in [6, 6.07) is 19.7. The Kier molecular flexibility index (Phi) is 14.6. The van der Waals surface area contributed by atoms with Gasteiger partial charge in [0.25, 0.3) is 0 Å². The summed E-state index contributed by atoms with van der Waals surface area (Å²) in [6.45, 7) is 16.0. The van der Waals surface area contributed by atoms with Crippen molar-refractivity contribution in [1.29, 1.82) is 0 Å². The van der Waals surface area contributed by atoms with Crippen LogP contribution in [0.3, 0.4) is 0 Å². The summed E-state index contributed by atoms with van der Waals surface area (Å²) in [5, 5.41) is 0. The molecule has 0 amide bonds. The summed E-state index contributed by atoms with van der Waals surface area (Å²) in [7, 11) is 0. The number of hydrogen-bond acceptors (Lipinski definition) is 0. The van der Waals surface area contributed by atoms with Crippen molar-refractivity contribution in [2.24, 2.45) is 0 Å². The molecular formula is C28H34Ti. The van der Waals surface area contributed by atoms with Crippen LogP contribution in [-0.2, 0) is 21.7 Å². The van der Waals surface area contributed by atoms with Crippen molar-refractivity contribution in [2.45, 2.75) is 40.5 Å². The fraction of sp³-hybridized carbons (Fsp3) is 0.214. The molecule has 0 saturated carbocycles. The van der Waals surface area contributed by atoms with E-state index in [0.717, 1.165) is 11.1 Å². The molecule has 0 heterocycles. The summed E-state index contributed by atoms with van der Waals surface area (Å²) in [6.07, 6.45) is 11.3. The SMILES string of the molecule is CC1=CCC(C)=C1.CC1=CCC(C)=C1.[CH2-]c1ccccc1.[CH2-]c1ccccc1.[Ti+2]. The van der Waals surface area contributed by atoms with Crippen LogP contribution in [0.15, 0.2) is 107 Å². The van der Waals surface area contributed by atoms with Crippen LogP contribution in [0.4, 0.5) is 0 Å². The second kappa shape index (κ2) is 15.7. The monoisotopic (exact) mass is 418 g/mol. The van der Waals surface area contributed by atoms with Crippen LogP contribution in [0, 0.1) is 13.8 Å². The Hall–Kier alpha value is -2.15. The zero-order chi connectivity index (χ0) is 20.8. The number of hydrogen-bond donors (Lipinski definition) is 0. The molecule has 0 radical (unpaired) electrons. The van der Waals surface area contributed by atoms with E-state index in [-0.39, 0.29) is 21.7 Å². The third-order valence-electron chi connectivity index (χ3n) is 4.13. The van der Waals surface area contributed by atoms with Crippen LogP contribution in [0.1, 0.15) is 51.7 Å². The van der Waals surface area contributed by atoms with E-state index in [1.807, 2.05) is 60.7 Å². The zero-order valence-electron chi connectivity index (χ0n) is 18.4. The van der Waals surface area contributed by atoms with E-state index < -0.39 is 0 Å². The Bertz CT molecular complexity index is 734. The van der Waals surface area contributed by atoms with E-state index in [4.69, 9.17) is 0 Å². The molecule has 0 saturated heterocycles. The average Bonchev–Trinajstić information content (AvgIpc) is 3.24. The second-order valence-corrected chi connectivity index (χ2v) is 7.26. The van der Waals surface area contributed by atoms with Crippen LogP contribution < -0.4 is 0 Å². The number of benzene rings is 2. The van der Waals surface area contributed by atoms with Gasteiger partial charge in [-0.25, -0.2) is 0 Å².